The highest BCUT2D eigenvalue weighted by Crippen LogP contribution is 2.31. The molecule has 1 aliphatic heterocycles. The van der Waals surface area contributed by atoms with E-state index in [9.17, 15) is 14.7 Å². The van der Waals surface area contributed by atoms with Gasteiger partial charge in [-0.05, 0) is 51.0 Å². The molecule has 1 aromatic heterocycles. The number of ether oxygens (including phenoxy) is 1. The number of aromatic nitrogens is 1. The largest absolute Gasteiger partial charge is 0.494 e. The van der Waals surface area contributed by atoms with Crippen molar-refractivity contribution in [3.05, 3.63) is 34.8 Å². The molecule has 2 aromatic rings. The second-order valence-electron chi connectivity index (χ2n) is 6.32. The number of hydrogen-bond acceptors (Lipinski definition) is 5. The topological polar surface area (TPSA) is 79.7 Å². The average molecular weight is 374 g/mol. The Labute approximate surface area is 156 Å². The predicted octanol–water partition coefficient (Wildman–Crippen LogP) is 3.45. The fourth-order valence-corrected chi connectivity index (χ4v) is 4.13. The molecule has 1 fully saturated rings. The number of carbonyl (C=O) groups is 2. The predicted molar refractivity (Wildman–Crippen MR) is 99.7 cm³/mol. The van der Waals surface area contributed by atoms with E-state index in [0.29, 0.717) is 36.6 Å². The lowest BCUT2D eigenvalue weighted by molar-refractivity contribution is -0.143. The summed E-state index contributed by atoms with van der Waals surface area (Å²) in [5.74, 6) is -0.637. The minimum atomic E-state index is -0.835. The number of carboxylic acid groups (broad SMARTS) is 1. The third-order valence-electron chi connectivity index (χ3n) is 4.46. The van der Waals surface area contributed by atoms with E-state index in [1.165, 1.54) is 11.3 Å². The number of amides is 1. The van der Waals surface area contributed by atoms with Gasteiger partial charge in [0.25, 0.3) is 5.91 Å². The van der Waals surface area contributed by atoms with Gasteiger partial charge < -0.3 is 14.7 Å². The van der Waals surface area contributed by atoms with Crippen molar-refractivity contribution < 1.29 is 19.4 Å². The lowest BCUT2D eigenvalue weighted by atomic mass is 9.98. The highest BCUT2D eigenvalue weighted by Gasteiger charge is 2.30. The third-order valence-corrected chi connectivity index (χ3v) is 5.66. The van der Waals surface area contributed by atoms with Gasteiger partial charge in [-0.25, -0.2) is 4.98 Å². The van der Waals surface area contributed by atoms with Gasteiger partial charge in [-0.3, -0.25) is 9.59 Å². The Morgan fingerprint density at radius 3 is 2.73 bits per heavy atom. The number of likely N-dealkylation sites (tertiary alicyclic amines) is 1. The van der Waals surface area contributed by atoms with Gasteiger partial charge in [0.2, 0.25) is 0 Å². The molecule has 1 aromatic carbocycles. The molecule has 0 saturated carbocycles. The summed E-state index contributed by atoms with van der Waals surface area (Å²) < 4.78 is 5.45. The molecular weight excluding hydrogens is 352 g/mol. The monoisotopic (exact) mass is 374 g/mol. The van der Waals surface area contributed by atoms with Crippen molar-refractivity contribution >= 4 is 23.2 Å². The van der Waals surface area contributed by atoms with Crippen molar-refractivity contribution in [2.75, 3.05) is 19.7 Å². The fraction of sp³-hybridized carbons (Fsp3) is 0.421. The van der Waals surface area contributed by atoms with Crippen molar-refractivity contribution in [2.45, 2.75) is 26.7 Å². The second kappa shape index (κ2) is 7.86. The first-order valence-electron chi connectivity index (χ1n) is 8.72. The normalized spacial score (nSPS) is 17.2. The molecule has 26 heavy (non-hydrogen) atoms. The Morgan fingerprint density at radius 1 is 1.35 bits per heavy atom. The Morgan fingerprint density at radius 2 is 2.08 bits per heavy atom. The van der Waals surface area contributed by atoms with Gasteiger partial charge in [0.05, 0.1) is 18.2 Å². The van der Waals surface area contributed by atoms with Crippen LogP contribution in [0, 0.1) is 12.8 Å². The standard InChI is InChI=1S/C19H22N2O4S/c1-3-25-15-8-6-13(7-9-15)17-20-12(2)16(26-17)18(22)21-10-4-5-14(11-21)19(23)24/h6-9,14H,3-5,10-11H2,1-2H3,(H,23,24). The molecule has 0 bridgehead atoms. The number of carboxylic acids is 1. The number of carbonyl (C=O) groups excluding carboxylic acids is 1. The molecule has 1 atom stereocenters. The molecule has 7 heteroatoms. The van der Waals surface area contributed by atoms with E-state index in [-0.39, 0.29) is 12.5 Å². The van der Waals surface area contributed by atoms with Gasteiger partial charge in [0, 0.05) is 18.7 Å². The zero-order valence-corrected chi connectivity index (χ0v) is 15.7. The van der Waals surface area contributed by atoms with Crippen LogP contribution in [0.1, 0.15) is 35.1 Å². The zero-order valence-electron chi connectivity index (χ0n) is 14.9. The van der Waals surface area contributed by atoms with Crippen LogP contribution in [0.4, 0.5) is 0 Å². The number of hydrogen-bond donors (Lipinski definition) is 1. The van der Waals surface area contributed by atoms with Crippen LogP contribution in [0.15, 0.2) is 24.3 Å². The molecule has 0 radical (unpaired) electrons. The van der Waals surface area contributed by atoms with Crippen LogP contribution in [-0.4, -0.2) is 46.6 Å². The first-order chi connectivity index (χ1) is 12.5. The number of thiazole rings is 1. The maximum atomic E-state index is 12.9. The summed E-state index contributed by atoms with van der Waals surface area (Å²) >= 11 is 1.35. The van der Waals surface area contributed by atoms with Gasteiger partial charge in [-0.1, -0.05) is 0 Å². The average Bonchev–Trinajstić information content (AvgIpc) is 3.04. The van der Waals surface area contributed by atoms with E-state index in [0.717, 1.165) is 16.3 Å². The lowest BCUT2D eigenvalue weighted by Gasteiger charge is -2.30. The van der Waals surface area contributed by atoms with Gasteiger partial charge in [-0.2, -0.15) is 0 Å². The van der Waals surface area contributed by atoms with E-state index in [1.807, 2.05) is 38.1 Å². The molecule has 1 aliphatic rings. The van der Waals surface area contributed by atoms with Crippen LogP contribution < -0.4 is 4.74 Å². The smallest absolute Gasteiger partial charge is 0.308 e. The number of piperidine rings is 1. The van der Waals surface area contributed by atoms with Crippen LogP contribution in [0.2, 0.25) is 0 Å². The van der Waals surface area contributed by atoms with Crippen LogP contribution >= 0.6 is 11.3 Å². The zero-order chi connectivity index (χ0) is 18.7. The van der Waals surface area contributed by atoms with Gasteiger partial charge in [0.1, 0.15) is 15.6 Å². The number of rotatable bonds is 5. The van der Waals surface area contributed by atoms with Crippen molar-refractivity contribution in [3.63, 3.8) is 0 Å². The van der Waals surface area contributed by atoms with Crippen LogP contribution in [0.5, 0.6) is 5.75 Å². The number of aryl methyl sites for hydroxylation is 1. The summed E-state index contributed by atoms with van der Waals surface area (Å²) in [6, 6.07) is 7.63. The molecule has 2 heterocycles. The molecule has 6 nitrogen and oxygen atoms in total. The van der Waals surface area contributed by atoms with E-state index in [1.54, 1.807) is 4.90 Å². The first kappa shape index (κ1) is 18.4. The molecular formula is C19H22N2O4S. The molecule has 1 N–H and O–H groups in total. The number of benzene rings is 1. The van der Waals surface area contributed by atoms with E-state index >= 15 is 0 Å². The van der Waals surface area contributed by atoms with Crippen molar-refractivity contribution in [3.8, 4) is 16.3 Å². The fourth-order valence-electron chi connectivity index (χ4n) is 3.09. The maximum absolute atomic E-state index is 12.9. The van der Waals surface area contributed by atoms with Crippen LogP contribution in [0.25, 0.3) is 10.6 Å². The molecule has 0 aliphatic carbocycles. The maximum Gasteiger partial charge on any atom is 0.308 e. The Kier molecular flexibility index (Phi) is 5.56. The second-order valence-corrected chi connectivity index (χ2v) is 7.32. The highest BCUT2D eigenvalue weighted by molar-refractivity contribution is 7.17. The van der Waals surface area contributed by atoms with Gasteiger partial charge in [-0.15, -0.1) is 11.3 Å². The minimum absolute atomic E-state index is 0.122. The molecule has 1 unspecified atom stereocenters. The third kappa shape index (κ3) is 3.88. The summed E-state index contributed by atoms with van der Waals surface area (Å²) in [5, 5.41) is 10.00. The van der Waals surface area contributed by atoms with Crippen molar-refractivity contribution in [1.29, 1.82) is 0 Å². The van der Waals surface area contributed by atoms with Crippen LogP contribution in [-0.2, 0) is 4.79 Å². The van der Waals surface area contributed by atoms with Gasteiger partial charge in [0.15, 0.2) is 0 Å². The van der Waals surface area contributed by atoms with Crippen molar-refractivity contribution in [1.82, 2.24) is 9.88 Å². The molecule has 0 spiro atoms. The molecule has 3 rings (SSSR count). The SMILES string of the molecule is CCOc1ccc(-c2nc(C)c(C(=O)N3CCCC(C(=O)O)C3)s2)cc1. The summed E-state index contributed by atoms with van der Waals surface area (Å²) in [6.07, 6.45) is 1.34. The summed E-state index contributed by atoms with van der Waals surface area (Å²) in [7, 11) is 0. The van der Waals surface area contributed by atoms with Gasteiger partial charge >= 0.3 is 5.97 Å². The lowest BCUT2D eigenvalue weighted by Crippen LogP contribution is -2.42. The molecule has 138 valence electrons. The molecule has 1 amide bonds. The van der Waals surface area contributed by atoms with E-state index in [4.69, 9.17) is 4.74 Å². The highest BCUT2D eigenvalue weighted by atomic mass is 32.1. The van der Waals surface area contributed by atoms with E-state index < -0.39 is 11.9 Å². The van der Waals surface area contributed by atoms with E-state index in [2.05, 4.69) is 4.98 Å². The van der Waals surface area contributed by atoms with Crippen LogP contribution in [0.3, 0.4) is 0 Å². The quantitative estimate of drug-likeness (QED) is 0.867. The van der Waals surface area contributed by atoms with Crippen molar-refractivity contribution in [2.24, 2.45) is 5.92 Å². The first-order valence-corrected chi connectivity index (χ1v) is 9.54. The summed E-state index contributed by atoms with van der Waals surface area (Å²) in [4.78, 5) is 30.9. The Hall–Kier alpha value is -2.41. The minimum Gasteiger partial charge on any atom is -0.494 e. The number of aliphatic carboxylic acids is 1. The Bertz CT molecular complexity index is 800. The Balaban J connectivity index is 1.79. The summed E-state index contributed by atoms with van der Waals surface area (Å²) in [6.45, 7) is 5.23. The summed E-state index contributed by atoms with van der Waals surface area (Å²) in [5.41, 5.74) is 1.61. The molecule has 1 saturated heterocycles. The number of nitrogens with zero attached hydrogens (tertiary/aromatic N) is 2.